The summed E-state index contributed by atoms with van der Waals surface area (Å²) in [5.74, 6) is 0.0960. The minimum absolute atomic E-state index is 0.0866. The van der Waals surface area contributed by atoms with Crippen molar-refractivity contribution in [3.05, 3.63) is 0 Å². The molecule has 1 amide bonds. The largest absolute Gasteiger partial charge is 0.444 e. The molecule has 5 heteroatoms. The van der Waals surface area contributed by atoms with Gasteiger partial charge in [-0.2, -0.15) is 0 Å². The molecule has 1 aliphatic heterocycles. The zero-order chi connectivity index (χ0) is 12.3. The van der Waals surface area contributed by atoms with E-state index in [1.807, 2.05) is 20.8 Å². The highest BCUT2D eigenvalue weighted by atomic mass is 16.6. The fraction of sp³-hybridized carbons (Fsp3) is 0.909. The zero-order valence-electron chi connectivity index (χ0n) is 10.3. The Kier molecular flexibility index (Phi) is 4.15. The van der Waals surface area contributed by atoms with Gasteiger partial charge in [0.15, 0.2) is 0 Å². The molecule has 0 aliphatic carbocycles. The molecule has 0 bridgehead atoms. The summed E-state index contributed by atoms with van der Waals surface area (Å²) in [5, 5.41) is 9.06. The molecule has 1 aliphatic rings. The number of aliphatic hydroxyl groups is 1. The lowest BCUT2D eigenvalue weighted by atomic mass is 9.93. The van der Waals surface area contributed by atoms with Gasteiger partial charge < -0.3 is 20.5 Å². The molecule has 5 nitrogen and oxygen atoms in total. The SMILES string of the molecule is CC(C)(C)OC(=O)N1CCC(CO)C(N)C1. The Balaban J connectivity index is 2.48. The maximum Gasteiger partial charge on any atom is 0.410 e. The van der Waals surface area contributed by atoms with E-state index < -0.39 is 5.60 Å². The molecule has 0 saturated carbocycles. The van der Waals surface area contributed by atoms with E-state index in [1.165, 1.54) is 0 Å². The van der Waals surface area contributed by atoms with E-state index >= 15 is 0 Å². The summed E-state index contributed by atoms with van der Waals surface area (Å²) in [5.41, 5.74) is 5.39. The summed E-state index contributed by atoms with van der Waals surface area (Å²) in [6, 6.07) is -0.161. The summed E-state index contributed by atoms with van der Waals surface area (Å²) >= 11 is 0. The first-order chi connectivity index (χ1) is 7.33. The Morgan fingerprint density at radius 3 is 2.62 bits per heavy atom. The molecule has 0 radical (unpaired) electrons. The molecular weight excluding hydrogens is 208 g/mol. The molecule has 2 unspecified atom stereocenters. The predicted molar refractivity (Wildman–Crippen MR) is 61.0 cm³/mol. The molecular formula is C11H22N2O3. The van der Waals surface area contributed by atoms with Crippen molar-refractivity contribution < 1.29 is 14.6 Å². The van der Waals surface area contributed by atoms with Gasteiger partial charge in [-0.15, -0.1) is 0 Å². The fourth-order valence-electron chi connectivity index (χ4n) is 1.75. The van der Waals surface area contributed by atoms with Crippen LogP contribution in [0.2, 0.25) is 0 Å². The third kappa shape index (κ3) is 3.64. The molecule has 1 fully saturated rings. The first kappa shape index (κ1) is 13.3. The number of carbonyl (C=O) groups is 1. The lowest BCUT2D eigenvalue weighted by Crippen LogP contribution is -2.52. The first-order valence-corrected chi connectivity index (χ1v) is 5.68. The van der Waals surface area contributed by atoms with Gasteiger partial charge in [0.25, 0.3) is 0 Å². The van der Waals surface area contributed by atoms with Crippen LogP contribution in [0.4, 0.5) is 4.79 Å². The van der Waals surface area contributed by atoms with Crippen LogP contribution in [-0.2, 0) is 4.74 Å². The summed E-state index contributed by atoms with van der Waals surface area (Å²) in [7, 11) is 0. The summed E-state index contributed by atoms with van der Waals surface area (Å²) in [6.07, 6.45) is 0.413. The lowest BCUT2D eigenvalue weighted by molar-refractivity contribution is 0.0127. The average molecular weight is 230 g/mol. The molecule has 1 heterocycles. The van der Waals surface area contributed by atoms with Gasteiger partial charge in [-0.05, 0) is 27.2 Å². The van der Waals surface area contributed by atoms with Crippen LogP contribution in [0.5, 0.6) is 0 Å². The normalized spacial score (nSPS) is 26.7. The van der Waals surface area contributed by atoms with Crippen molar-refractivity contribution in [1.29, 1.82) is 0 Å². The first-order valence-electron chi connectivity index (χ1n) is 5.68. The van der Waals surface area contributed by atoms with Crippen LogP contribution in [0.15, 0.2) is 0 Å². The number of nitrogens with two attached hydrogens (primary N) is 1. The second kappa shape index (κ2) is 5.01. The molecule has 16 heavy (non-hydrogen) atoms. The number of piperidine rings is 1. The fourth-order valence-corrected chi connectivity index (χ4v) is 1.75. The maximum atomic E-state index is 11.7. The maximum absolute atomic E-state index is 11.7. The van der Waals surface area contributed by atoms with Crippen molar-refractivity contribution in [2.45, 2.75) is 38.8 Å². The monoisotopic (exact) mass is 230 g/mol. The summed E-state index contributed by atoms with van der Waals surface area (Å²) in [6.45, 7) is 6.67. The van der Waals surface area contributed by atoms with Gasteiger partial charge in [0, 0.05) is 31.7 Å². The second-order valence-corrected chi connectivity index (χ2v) is 5.32. The van der Waals surface area contributed by atoms with Crippen LogP contribution in [-0.4, -0.2) is 47.4 Å². The Labute approximate surface area is 96.6 Å². The van der Waals surface area contributed by atoms with Crippen LogP contribution in [0, 0.1) is 5.92 Å². The van der Waals surface area contributed by atoms with Crippen molar-refractivity contribution in [3.8, 4) is 0 Å². The summed E-state index contributed by atoms with van der Waals surface area (Å²) in [4.78, 5) is 13.4. The van der Waals surface area contributed by atoms with Gasteiger partial charge in [0.1, 0.15) is 5.60 Å². The van der Waals surface area contributed by atoms with Crippen molar-refractivity contribution in [2.75, 3.05) is 19.7 Å². The topological polar surface area (TPSA) is 75.8 Å². The van der Waals surface area contributed by atoms with Gasteiger partial charge in [-0.25, -0.2) is 4.79 Å². The number of nitrogens with zero attached hydrogens (tertiary/aromatic N) is 1. The van der Waals surface area contributed by atoms with Crippen LogP contribution >= 0.6 is 0 Å². The Morgan fingerprint density at radius 2 is 2.19 bits per heavy atom. The number of hydrogen-bond donors (Lipinski definition) is 2. The zero-order valence-corrected chi connectivity index (χ0v) is 10.3. The molecule has 0 spiro atoms. The van der Waals surface area contributed by atoms with Gasteiger partial charge >= 0.3 is 6.09 Å². The Hall–Kier alpha value is -0.810. The smallest absolute Gasteiger partial charge is 0.410 e. The number of amides is 1. The number of carbonyl (C=O) groups excluding carboxylic acids is 1. The van der Waals surface area contributed by atoms with Crippen LogP contribution in [0.3, 0.4) is 0 Å². The molecule has 0 aromatic heterocycles. The van der Waals surface area contributed by atoms with E-state index in [2.05, 4.69) is 0 Å². The Morgan fingerprint density at radius 1 is 1.56 bits per heavy atom. The minimum atomic E-state index is -0.477. The highest BCUT2D eigenvalue weighted by molar-refractivity contribution is 5.68. The predicted octanol–water partition coefficient (Wildman–Crippen LogP) is 0.563. The van der Waals surface area contributed by atoms with E-state index in [4.69, 9.17) is 15.6 Å². The number of aliphatic hydroxyl groups excluding tert-OH is 1. The standard InChI is InChI=1S/C11H22N2O3/c1-11(2,3)16-10(15)13-5-4-8(7-14)9(12)6-13/h8-9,14H,4-7,12H2,1-3H3. The molecule has 1 saturated heterocycles. The van der Waals surface area contributed by atoms with Crippen molar-refractivity contribution in [1.82, 2.24) is 4.90 Å². The quantitative estimate of drug-likeness (QED) is 0.690. The summed E-state index contributed by atoms with van der Waals surface area (Å²) < 4.78 is 5.26. The highest BCUT2D eigenvalue weighted by Crippen LogP contribution is 2.18. The van der Waals surface area contributed by atoms with Gasteiger partial charge in [0.05, 0.1) is 0 Å². The number of ether oxygens (including phenoxy) is 1. The highest BCUT2D eigenvalue weighted by Gasteiger charge is 2.30. The Bertz CT molecular complexity index is 250. The van der Waals surface area contributed by atoms with Crippen molar-refractivity contribution in [2.24, 2.45) is 11.7 Å². The van der Waals surface area contributed by atoms with E-state index in [9.17, 15) is 4.79 Å². The van der Waals surface area contributed by atoms with Crippen LogP contribution in [0.25, 0.3) is 0 Å². The van der Waals surface area contributed by atoms with Gasteiger partial charge in [-0.3, -0.25) is 0 Å². The van der Waals surface area contributed by atoms with Gasteiger partial charge in [-0.1, -0.05) is 0 Å². The molecule has 3 N–H and O–H groups in total. The number of likely N-dealkylation sites (tertiary alicyclic amines) is 1. The second-order valence-electron chi connectivity index (χ2n) is 5.32. The van der Waals surface area contributed by atoms with Crippen molar-refractivity contribution in [3.63, 3.8) is 0 Å². The van der Waals surface area contributed by atoms with E-state index in [0.717, 1.165) is 6.42 Å². The number of hydrogen-bond acceptors (Lipinski definition) is 4. The van der Waals surface area contributed by atoms with Crippen LogP contribution in [0.1, 0.15) is 27.2 Å². The minimum Gasteiger partial charge on any atom is -0.444 e. The average Bonchev–Trinajstić information content (AvgIpc) is 2.15. The van der Waals surface area contributed by atoms with Gasteiger partial charge in [0.2, 0.25) is 0 Å². The molecule has 94 valence electrons. The van der Waals surface area contributed by atoms with Crippen LogP contribution < -0.4 is 5.73 Å². The molecule has 2 atom stereocenters. The van der Waals surface area contributed by atoms with E-state index in [0.29, 0.717) is 13.1 Å². The third-order valence-electron chi connectivity index (χ3n) is 2.69. The van der Waals surface area contributed by atoms with Crippen molar-refractivity contribution >= 4 is 6.09 Å². The number of rotatable bonds is 1. The van der Waals surface area contributed by atoms with E-state index in [1.54, 1.807) is 4.90 Å². The lowest BCUT2D eigenvalue weighted by Gasteiger charge is -2.36. The third-order valence-corrected chi connectivity index (χ3v) is 2.69. The molecule has 0 aromatic rings. The molecule has 0 aromatic carbocycles. The van der Waals surface area contributed by atoms with E-state index in [-0.39, 0.29) is 24.7 Å². The molecule has 1 rings (SSSR count).